The predicted molar refractivity (Wildman–Crippen MR) is 104 cm³/mol. The minimum atomic E-state index is 0.0586. The van der Waals surface area contributed by atoms with Crippen LogP contribution in [0.5, 0.6) is 0 Å². The maximum absolute atomic E-state index is 6.02. The van der Waals surface area contributed by atoms with Crippen LogP contribution in [0.4, 0.5) is 5.82 Å². The monoisotopic (exact) mass is 368 g/mol. The quantitative estimate of drug-likeness (QED) is 0.655. The number of nitrogens with zero attached hydrogens (tertiary/aromatic N) is 3. The van der Waals surface area contributed by atoms with Crippen molar-refractivity contribution >= 4 is 17.4 Å². The maximum Gasteiger partial charge on any atom is 0.163 e. The Hall–Kier alpha value is -2.50. The fraction of sp³-hybridized carbons (Fsp3) is 0.250. The standard InChI is InChI=1S/C20H21ClN4O/c1-14-12-19(25-20(23-14)16-4-3-10-22-13-16)24-18(9-11-26-2)15-5-7-17(21)8-6-15/h3-8,10,12-13,18H,9,11H2,1-2H3,(H,23,24,25). The molecule has 3 aromatic rings. The van der Waals surface area contributed by atoms with E-state index in [4.69, 9.17) is 16.3 Å². The molecule has 0 fully saturated rings. The van der Waals surface area contributed by atoms with Gasteiger partial charge in [-0.25, -0.2) is 9.97 Å². The van der Waals surface area contributed by atoms with Gasteiger partial charge in [0.25, 0.3) is 0 Å². The summed E-state index contributed by atoms with van der Waals surface area (Å²) in [6, 6.07) is 13.7. The molecule has 26 heavy (non-hydrogen) atoms. The number of pyridine rings is 1. The van der Waals surface area contributed by atoms with E-state index in [1.165, 1.54) is 0 Å². The van der Waals surface area contributed by atoms with Gasteiger partial charge in [-0.2, -0.15) is 0 Å². The molecule has 1 aromatic carbocycles. The van der Waals surface area contributed by atoms with E-state index in [1.54, 1.807) is 19.5 Å². The second-order valence-electron chi connectivity index (χ2n) is 5.99. The van der Waals surface area contributed by atoms with Crippen LogP contribution in [0, 0.1) is 6.92 Å². The first-order chi connectivity index (χ1) is 12.7. The first-order valence-corrected chi connectivity index (χ1v) is 8.80. The number of aryl methyl sites for hydroxylation is 1. The first kappa shape index (κ1) is 18.3. The van der Waals surface area contributed by atoms with Crippen molar-refractivity contribution in [2.45, 2.75) is 19.4 Å². The SMILES string of the molecule is COCCC(Nc1cc(C)nc(-c2cccnc2)n1)c1ccc(Cl)cc1. The van der Waals surface area contributed by atoms with Gasteiger partial charge in [-0.15, -0.1) is 0 Å². The Balaban J connectivity index is 1.88. The van der Waals surface area contributed by atoms with Gasteiger partial charge >= 0.3 is 0 Å². The lowest BCUT2D eigenvalue weighted by Crippen LogP contribution is -2.14. The molecule has 134 valence electrons. The molecule has 5 nitrogen and oxygen atoms in total. The van der Waals surface area contributed by atoms with Crippen LogP contribution < -0.4 is 5.32 Å². The van der Waals surface area contributed by atoms with Crippen LogP contribution in [0.15, 0.2) is 54.9 Å². The predicted octanol–water partition coefficient (Wildman–Crippen LogP) is 4.69. The zero-order chi connectivity index (χ0) is 18.4. The van der Waals surface area contributed by atoms with Crippen molar-refractivity contribution in [3.63, 3.8) is 0 Å². The zero-order valence-electron chi connectivity index (χ0n) is 14.8. The Morgan fingerprint density at radius 2 is 1.96 bits per heavy atom. The second kappa shape index (κ2) is 8.74. The lowest BCUT2D eigenvalue weighted by molar-refractivity contribution is 0.190. The second-order valence-corrected chi connectivity index (χ2v) is 6.43. The van der Waals surface area contributed by atoms with Crippen LogP contribution in [0.3, 0.4) is 0 Å². The third kappa shape index (κ3) is 4.77. The average Bonchev–Trinajstić information content (AvgIpc) is 2.66. The van der Waals surface area contributed by atoms with Gasteiger partial charge in [0.2, 0.25) is 0 Å². The lowest BCUT2D eigenvalue weighted by Gasteiger charge is -2.20. The third-order valence-corrected chi connectivity index (χ3v) is 4.23. The van der Waals surface area contributed by atoms with E-state index < -0.39 is 0 Å². The molecule has 2 aromatic heterocycles. The van der Waals surface area contributed by atoms with Crippen LogP contribution in [0.1, 0.15) is 23.7 Å². The molecule has 1 atom stereocenters. The maximum atomic E-state index is 6.02. The highest BCUT2D eigenvalue weighted by molar-refractivity contribution is 6.30. The summed E-state index contributed by atoms with van der Waals surface area (Å²) in [5.74, 6) is 1.43. The zero-order valence-corrected chi connectivity index (χ0v) is 15.6. The molecule has 0 amide bonds. The summed E-state index contributed by atoms with van der Waals surface area (Å²) in [5, 5.41) is 4.22. The van der Waals surface area contributed by atoms with Gasteiger partial charge in [0.15, 0.2) is 5.82 Å². The molecule has 0 spiro atoms. The van der Waals surface area contributed by atoms with Gasteiger partial charge in [-0.3, -0.25) is 4.98 Å². The summed E-state index contributed by atoms with van der Waals surface area (Å²) in [7, 11) is 1.70. The topological polar surface area (TPSA) is 59.9 Å². The lowest BCUT2D eigenvalue weighted by atomic mass is 10.0. The smallest absolute Gasteiger partial charge is 0.163 e. The minimum absolute atomic E-state index is 0.0586. The Morgan fingerprint density at radius 3 is 2.65 bits per heavy atom. The molecule has 0 saturated carbocycles. The number of benzene rings is 1. The molecule has 1 N–H and O–H groups in total. The molecule has 3 rings (SSSR count). The number of hydrogen-bond donors (Lipinski definition) is 1. The fourth-order valence-corrected chi connectivity index (χ4v) is 2.82. The van der Waals surface area contributed by atoms with Gasteiger partial charge in [-0.1, -0.05) is 23.7 Å². The van der Waals surface area contributed by atoms with E-state index in [0.717, 1.165) is 34.1 Å². The number of halogens is 1. The Kier molecular flexibility index (Phi) is 6.15. The van der Waals surface area contributed by atoms with Crippen molar-refractivity contribution in [1.29, 1.82) is 0 Å². The van der Waals surface area contributed by atoms with E-state index in [9.17, 15) is 0 Å². The Bertz CT molecular complexity index is 840. The molecule has 1 unspecified atom stereocenters. The third-order valence-electron chi connectivity index (χ3n) is 3.98. The van der Waals surface area contributed by atoms with E-state index in [1.807, 2.05) is 49.4 Å². The van der Waals surface area contributed by atoms with Gasteiger partial charge in [0.1, 0.15) is 5.82 Å². The molecular weight excluding hydrogens is 348 g/mol. The molecule has 0 aliphatic rings. The molecule has 0 radical (unpaired) electrons. The van der Waals surface area contributed by atoms with Crippen LogP contribution in [0.2, 0.25) is 5.02 Å². The largest absolute Gasteiger partial charge is 0.385 e. The van der Waals surface area contributed by atoms with Crippen molar-refractivity contribution < 1.29 is 4.74 Å². The van der Waals surface area contributed by atoms with E-state index in [0.29, 0.717) is 12.4 Å². The number of ether oxygens (including phenoxy) is 1. The number of methoxy groups -OCH3 is 1. The summed E-state index contributed by atoms with van der Waals surface area (Å²) < 4.78 is 5.26. The molecule has 0 bridgehead atoms. The van der Waals surface area contributed by atoms with Crippen LogP contribution >= 0.6 is 11.6 Å². The van der Waals surface area contributed by atoms with Crippen molar-refractivity contribution in [3.05, 3.63) is 71.1 Å². The highest BCUT2D eigenvalue weighted by Gasteiger charge is 2.14. The van der Waals surface area contributed by atoms with Gasteiger partial charge in [0.05, 0.1) is 6.04 Å². The van der Waals surface area contributed by atoms with Crippen molar-refractivity contribution in [3.8, 4) is 11.4 Å². The number of nitrogens with one attached hydrogen (secondary N) is 1. The first-order valence-electron chi connectivity index (χ1n) is 8.43. The van der Waals surface area contributed by atoms with E-state index in [-0.39, 0.29) is 6.04 Å². The molecule has 6 heteroatoms. The number of aromatic nitrogens is 3. The van der Waals surface area contributed by atoms with Crippen LogP contribution in [0.25, 0.3) is 11.4 Å². The van der Waals surface area contributed by atoms with E-state index in [2.05, 4.69) is 20.3 Å². The minimum Gasteiger partial charge on any atom is -0.385 e. The van der Waals surface area contributed by atoms with Crippen molar-refractivity contribution in [2.24, 2.45) is 0 Å². The highest BCUT2D eigenvalue weighted by Crippen LogP contribution is 2.25. The summed E-state index contributed by atoms with van der Waals surface area (Å²) in [5.41, 5.74) is 2.91. The number of rotatable bonds is 7. The summed E-state index contributed by atoms with van der Waals surface area (Å²) >= 11 is 6.02. The summed E-state index contributed by atoms with van der Waals surface area (Å²) in [6.45, 7) is 2.60. The van der Waals surface area contributed by atoms with Gasteiger partial charge in [0, 0.05) is 48.5 Å². The molecule has 2 heterocycles. The van der Waals surface area contributed by atoms with Crippen molar-refractivity contribution in [1.82, 2.24) is 15.0 Å². The normalized spacial score (nSPS) is 12.0. The number of hydrogen-bond acceptors (Lipinski definition) is 5. The van der Waals surface area contributed by atoms with Crippen LogP contribution in [-0.2, 0) is 4.74 Å². The van der Waals surface area contributed by atoms with Crippen LogP contribution in [-0.4, -0.2) is 28.7 Å². The van der Waals surface area contributed by atoms with Gasteiger partial charge < -0.3 is 10.1 Å². The molecule has 0 saturated heterocycles. The molecular formula is C20H21ClN4O. The van der Waals surface area contributed by atoms with E-state index >= 15 is 0 Å². The summed E-state index contributed by atoms with van der Waals surface area (Å²) in [6.07, 6.45) is 4.31. The Labute approximate surface area is 158 Å². The average molecular weight is 369 g/mol. The van der Waals surface area contributed by atoms with Gasteiger partial charge in [-0.05, 0) is 43.2 Å². The Morgan fingerprint density at radius 1 is 1.15 bits per heavy atom. The molecule has 0 aliphatic heterocycles. The highest BCUT2D eigenvalue weighted by atomic mass is 35.5. The van der Waals surface area contributed by atoms with Crippen molar-refractivity contribution in [2.75, 3.05) is 19.0 Å². The summed E-state index contributed by atoms with van der Waals surface area (Å²) in [4.78, 5) is 13.3. The fourth-order valence-electron chi connectivity index (χ4n) is 2.70. The molecule has 0 aliphatic carbocycles. The number of anilines is 1.